The third kappa shape index (κ3) is 4.74. The van der Waals surface area contributed by atoms with Gasteiger partial charge in [0.2, 0.25) is 10.0 Å². The summed E-state index contributed by atoms with van der Waals surface area (Å²) in [7, 11) is -3.30. The van der Waals surface area contributed by atoms with Crippen molar-refractivity contribution in [1.82, 2.24) is 4.72 Å². The maximum absolute atomic E-state index is 11.6. The van der Waals surface area contributed by atoms with Crippen LogP contribution in [0.5, 0.6) is 0 Å². The standard InChI is InChI=1S/C11H17NO3S/c1-10(9-13)12-16(14,15)8-7-11-5-3-2-4-6-11/h2-6,10,12-13H,7-9H2,1H3/t10-/m0/s1. The van der Waals surface area contributed by atoms with Gasteiger partial charge in [-0.1, -0.05) is 30.3 Å². The molecule has 0 saturated heterocycles. The molecule has 5 heteroatoms. The molecule has 0 aliphatic carbocycles. The van der Waals surface area contributed by atoms with Crippen molar-refractivity contribution in [2.45, 2.75) is 19.4 Å². The molecule has 0 unspecified atom stereocenters. The zero-order valence-corrected chi connectivity index (χ0v) is 10.1. The van der Waals surface area contributed by atoms with E-state index in [0.717, 1.165) is 5.56 Å². The lowest BCUT2D eigenvalue weighted by Crippen LogP contribution is -2.37. The van der Waals surface area contributed by atoms with Gasteiger partial charge in [-0.3, -0.25) is 0 Å². The fourth-order valence-corrected chi connectivity index (χ4v) is 2.61. The summed E-state index contributed by atoms with van der Waals surface area (Å²) < 4.78 is 25.5. The molecule has 2 N–H and O–H groups in total. The zero-order chi connectivity index (χ0) is 12.0. The van der Waals surface area contributed by atoms with Crippen LogP contribution in [0.4, 0.5) is 0 Å². The van der Waals surface area contributed by atoms with E-state index < -0.39 is 16.1 Å². The summed E-state index contributed by atoms with van der Waals surface area (Å²) in [6, 6.07) is 9.01. The first kappa shape index (κ1) is 13.2. The van der Waals surface area contributed by atoms with E-state index in [1.165, 1.54) is 0 Å². The number of aliphatic hydroxyl groups is 1. The molecule has 0 heterocycles. The Bertz CT molecular complexity index is 402. The van der Waals surface area contributed by atoms with Crippen molar-refractivity contribution in [3.63, 3.8) is 0 Å². The van der Waals surface area contributed by atoms with Gasteiger partial charge in [-0.2, -0.15) is 0 Å². The normalized spacial score (nSPS) is 13.6. The van der Waals surface area contributed by atoms with Gasteiger partial charge in [0.25, 0.3) is 0 Å². The number of sulfonamides is 1. The molecule has 1 atom stereocenters. The van der Waals surface area contributed by atoms with Crippen LogP contribution in [0.3, 0.4) is 0 Å². The Hall–Kier alpha value is -0.910. The van der Waals surface area contributed by atoms with Crippen LogP contribution in [0, 0.1) is 0 Å². The summed E-state index contributed by atoms with van der Waals surface area (Å²) in [5.41, 5.74) is 0.990. The lowest BCUT2D eigenvalue weighted by Gasteiger charge is -2.11. The largest absolute Gasteiger partial charge is 0.395 e. The van der Waals surface area contributed by atoms with Crippen LogP contribution in [-0.4, -0.2) is 31.9 Å². The molecule has 0 bridgehead atoms. The summed E-state index contributed by atoms with van der Waals surface area (Å²) >= 11 is 0. The Balaban J connectivity index is 2.49. The van der Waals surface area contributed by atoms with Crippen LogP contribution < -0.4 is 4.72 Å². The van der Waals surface area contributed by atoms with Crippen molar-refractivity contribution in [2.75, 3.05) is 12.4 Å². The van der Waals surface area contributed by atoms with Gasteiger partial charge in [-0.25, -0.2) is 13.1 Å². The fourth-order valence-electron chi connectivity index (χ4n) is 1.30. The number of aryl methyl sites for hydroxylation is 1. The van der Waals surface area contributed by atoms with E-state index in [1.54, 1.807) is 6.92 Å². The predicted octanol–water partition coefficient (Wildman–Crippen LogP) is 0.529. The number of hydrogen-bond acceptors (Lipinski definition) is 3. The Kier molecular flexibility index (Phi) is 4.92. The van der Waals surface area contributed by atoms with Crippen molar-refractivity contribution >= 4 is 10.0 Å². The lowest BCUT2D eigenvalue weighted by molar-refractivity contribution is 0.265. The second kappa shape index (κ2) is 5.98. The van der Waals surface area contributed by atoms with E-state index in [1.807, 2.05) is 30.3 Å². The number of hydrogen-bond donors (Lipinski definition) is 2. The molecule has 0 amide bonds. The molecule has 0 saturated carbocycles. The summed E-state index contributed by atoms with van der Waals surface area (Å²) in [5.74, 6) is 0.0430. The third-order valence-electron chi connectivity index (χ3n) is 2.16. The quantitative estimate of drug-likeness (QED) is 0.766. The Morgan fingerprint density at radius 3 is 2.50 bits per heavy atom. The molecule has 1 aromatic carbocycles. The second-order valence-corrected chi connectivity index (χ2v) is 5.63. The van der Waals surface area contributed by atoms with E-state index in [2.05, 4.69) is 4.72 Å². The number of nitrogens with one attached hydrogen (secondary N) is 1. The topological polar surface area (TPSA) is 66.4 Å². The van der Waals surface area contributed by atoms with E-state index in [4.69, 9.17) is 5.11 Å². The third-order valence-corrected chi connectivity index (χ3v) is 3.66. The monoisotopic (exact) mass is 243 g/mol. The van der Waals surface area contributed by atoms with Crippen LogP contribution >= 0.6 is 0 Å². The first-order chi connectivity index (χ1) is 7.53. The maximum atomic E-state index is 11.6. The highest BCUT2D eigenvalue weighted by Gasteiger charge is 2.13. The summed E-state index contributed by atoms with van der Waals surface area (Å²) in [5, 5.41) is 8.76. The van der Waals surface area contributed by atoms with Crippen molar-refractivity contribution in [2.24, 2.45) is 0 Å². The maximum Gasteiger partial charge on any atom is 0.212 e. The Morgan fingerprint density at radius 2 is 1.94 bits per heavy atom. The minimum atomic E-state index is -3.30. The summed E-state index contributed by atoms with van der Waals surface area (Å²) in [4.78, 5) is 0. The molecule has 0 fully saturated rings. The zero-order valence-electron chi connectivity index (χ0n) is 9.26. The van der Waals surface area contributed by atoms with Gasteiger partial charge in [-0.05, 0) is 18.9 Å². The highest BCUT2D eigenvalue weighted by atomic mass is 32.2. The number of rotatable bonds is 6. The summed E-state index contributed by atoms with van der Waals surface area (Å²) in [6.07, 6.45) is 0.480. The minimum absolute atomic E-state index is 0.0430. The van der Waals surface area contributed by atoms with Gasteiger partial charge >= 0.3 is 0 Å². The highest BCUT2D eigenvalue weighted by Crippen LogP contribution is 2.01. The van der Waals surface area contributed by atoms with Crippen molar-refractivity contribution in [1.29, 1.82) is 0 Å². The van der Waals surface area contributed by atoms with E-state index in [9.17, 15) is 8.42 Å². The van der Waals surface area contributed by atoms with Crippen LogP contribution in [0.1, 0.15) is 12.5 Å². The average Bonchev–Trinajstić information content (AvgIpc) is 2.27. The molecule has 16 heavy (non-hydrogen) atoms. The molecule has 1 aromatic rings. The van der Waals surface area contributed by atoms with E-state index in [-0.39, 0.29) is 12.4 Å². The van der Waals surface area contributed by atoms with Crippen LogP contribution in [-0.2, 0) is 16.4 Å². The molecule has 1 rings (SSSR count). The Labute approximate surface area is 96.4 Å². The number of aliphatic hydroxyl groups excluding tert-OH is 1. The first-order valence-corrected chi connectivity index (χ1v) is 6.83. The van der Waals surface area contributed by atoms with Crippen LogP contribution in [0.25, 0.3) is 0 Å². The van der Waals surface area contributed by atoms with Crippen molar-refractivity contribution < 1.29 is 13.5 Å². The van der Waals surface area contributed by atoms with Gasteiger partial charge in [0.1, 0.15) is 0 Å². The molecule has 0 aliphatic rings. The van der Waals surface area contributed by atoms with Gasteiger partial charge in [0.05, 0.1) is 12.4 Å². The van der Waals surface area contributed by atoms with Gasteiger partial charge < -0.3 is 5.11 Å². The molecule has 0 aromatic heterocycles. The van der Waals surface area contributed by atoms with E-state index >= 15 is 0 Å². The molecular formula is C11H17NO3S. The van der Waals surface area contributed by atoms with E-state index in [0.29, 0.717) is 6.42 Å². The first-order valence-electron chi connectivity index (χ1n) is 5.18. The predicted molar refractivity (Wildman–Crippen MR) is 63.6 cm³/mol. The molecule has 0 radical (unpaired) electrons. The molecular weight excluding hydrogens is 226 g/mol. The van der Waals surface area contributed by atoms with Crippen molar-refractivity contribution in [3.8, 4) is 0 Å². The van der Waals surface area contributed by atoms with Crippen molar-refractivity contribution in [3.05, 3.63) is 35.9 Å². The van der Waals surface area contributed by atoms with Gasteiger partial charge in [-0.15, -0.1) is 0 Å². The molecule has 4 nitrogen and oxygen atoms in total. The molecule has 0 aliphatic heterocycles. The molecule has 90 valence electrons. The van der Waals surface area contributed by atoms with Gasteiger partial charge in [0, 0.05) is 6.04 Å². The highest BCUT2D eigenvalue weighted by molar-refractivity contribution is 7.89. The van der Waals surface area contributed by atoms with Crippen LogP contribution in [0.15, 0.2) is 30.3 Å². The average molecular weight is 243 g/mol. The lowest BCUT2D eigenvalue weighted by atomic mass is 10.2. The fraction of sp³-hybridized carbons (Fsp3) is 0.455. The smallest absolute Gasteiger partial charge is 0.212 e. The second-order valence-electron chi connectivity index (χ2n) is 3.76. The van der Waals surface area contributed by atoms with Gasteiger partial charge in [0.15, 0.2) is 0 Å². The number of benzene rings is 1. The van der Waals surface area contributed by atoms with Crippen LogP contribution in [0.2, 0.25) is 0 Å². The Morgan fingerprint density at radius 1 is 1.31 bits per heavy atom. The minimum Gasteiger partial charge on any atom is -0.395 e. The SMILES string of the molecule is C[C@@H](CO)NS(=O)(=O)CCc1ccccc1. The molecule has 0 spiro atoms. The summed E-state index contributed by atoms with van der Waals surface area (Å²) in [6.45, 7) is 1.44.